The zero-order valence-corrected chi connectivity index (χ0v) is 9.54. The van der Waals surface area contributed by atoms with Gasteiger partial charge in [0.05, 0.1) is 6.33 Å². The lowest BCUT2D eigenvalue weighted by atomic mass is 10.1. The van der Waals surface area contributed by atoms with Gasteiger partial charge in [0, 0.05) is 23.7 Å². The molecule has 0 saturated heterocycles. The lowest BCUT2D eigenvalue weighted by Gasteiger charge is -2.24. The first-order valence-electron chi connectivity index (χ1n) is 5.42. The van der Waals surface area contributed by atoms with Crippen molar-refractivity contribution in [3.05, 3.63) is 18.7 Å². The first-order chi connectivity index (χ1) is 6.92. The van der Waals surface area contributed by atoms with Gasteiger partial charge in [0.2, 0.25) is 0 Å². The Morgan fingerprint density at radius 1 is 1.29 bits per heavy atom. The van der Waals surface area contributed by atoms with Crippen molar-refractivity contribution in [2.75, 3.05) is 6.26 Å². The van der Waals surface area contributed by atoms with Crippen LogP contribution in [0.1, 0.15) is 38.1 Å². The number of thioether (sulfide) groups is 1. The lowest BCUT2D eigenvalue weighted by Crippen LogP contribution is -2.19. The first kappa shape index (κ1) is 10.1. The SMILES string of the molecule is CSC1CCCCCC1n1ccnc1. The monoisotopic (exact) mass is 210 g/mol. The van der Waals surface area contributed by atoms with Gasteiger partial charge in [0.1, 0.15) is 0 Å². The predicted octanol–water partition coefficient (Wildman–Crippen LogP) is 3.12. The third-order valence-electron chi connectivity index (χ3n) is 3.13. The van der Waals surface area contributed by atoms with Crippen molar-refractivity contribution in [3.63, 3.8) is 0 Å². The third kappa shape index (κ3) is 2.14. The topological polar surface area (TPSA) is 17.8 Å². The second-order valence-corrected chi connectivity index (χ2v) is 5.07. The summed E-state index contributed by atoms with van der Waals surface area (Å²) in [6.07, 6.45) is 15.1. The van der Waals surface area contributed by atoms with Crippen LogP contribution >= 0.6 is 11.8 Å². The minimum absolute atomic E-state index is 0.676. The van der Waals surface area contributed by atoms with Gasteiger partial charge < -0.3 is 4.57 Å². The van der Waals surface area contributed by atoms with Crippen LogP contribution in [-0.2, 0) is 0 Å². The fraction of sp³-hybridized carbons (Fsp3) is 0.727. The van der Waals surface area contributed by atoms with Crippen molar-refractivity contribution in [3.8, 4) is 0 Å². The van der Waals surface area contributed by atoms with Gasteiger partial charge in [0.15, 0.2) is 0 Å². The standard InChI is InChI=1S/C11H18N2S/c1-14-11-6-4-2-3-5-10(11)13-8-7-12-9-13/h7-11H,2-6H2,1H3. The maximum absolute atomic E-state index is 4.15. The fourth-order valence-corrected chi connectivity index (χ4v) is 3.33. The Kier molecular flexibility index (Phi) is 3.51. The molecule has 1 aromatic heterocycles. The highest BCUT2D eigenvalue weighted by atomic mass is 32.2. The summed E-state index contributed by atoms with van der Waals surface area (Å²) in [5, 5.41) is 0.784. The highest BCUT2D eigenvalue weighted by molar-refractivity contribution is 7.99. The highest BCUT2D eigenvalue weighted by Gasteiger charge is 2.23. The van der Waals surface area contributed by atoms with Gasteiger partial charge in [-0.25, -0.2) is 4.98 Å². The van der Waals surface area contributed by atoms with Gasteiger partial charge in [-0.2, -0.15) is 11.8 Å². The molecule has 1 aliphatic carbocycles. The van der Waals surface area contributed by atoms with Crippen molar-refractivity contribution in [2.45, 2.75) is 43.4 Å². The van der Waals surface area contributed by atoms with Crippen molar-refractivity contribution in [1.29, 1.82) is 0 Å². The summed E-state index contributed by atoms with van der Waals surface area (Å²) >= 11 is 2.02. The van der Waals surface area contributed by atoms with Crippen LogP contribution in [0.25, 0.3) is 0 Å². The van der Waals surface area contributed by atoms with Crippen molar-refractivity contribution in [1.82, 2.24) is 9.55 Å². The molecule has 0 bridgehead atoms. The molecule has 2 unspecified atom stereocenters. The van der Waals surface area contributed by atoms with Crippen LogP contribution in [0.2, 0.25) is 0 Å². The molecule has 0 radical (unpaired) electrons. The molecule has 2 atom stereocenters. The van der Waals surface area contributed by atoms with Gasteiger partial charge in [-0.05, 0) is 19.1 Å². The average Bonchev–Trinajstić information content (AvgIpc) is 2.63. The third-order valence-corrected chi connectivity index (χ3v) is 4.28. The molecule has 78 valence electrons. The van der Waals surface area contributed by atoms with E-state index in [0.29, 0.717) is 6.04 Å². The van der Waals surface area contributed by atoms with E-state index >= 15 is 0 Å². The van der Waals surface area contributed by atoms with E-state index in [4.69, 9.17) is 0 Å². The van der Waals surface area contributed by atoms with E-state index in [1.165, 1.54) is 32.1 Å². The van der Waals surface area contributed by atoms with Crippen LogP contribution < -0.4 is 0 Å². The molecule has 14 heavy (non-hydrogen) atoms. The molecule has 1 aliphatic rings. The van der Waals surface area contributed by atoms with E-state index in [1.807, 2.05) is 24.3 Å². The van der Waals surface area contributed by atoms with Crippen molar-refractivity contribution in [2.24, 2.45) is 0 Å². The number of imidazole rings is 1. The minimum atomic E-state index is 0.676. The van der Waals surface area contributed by atoms with E-state index in [-0.39, 0.29) is 0 Å². The summed E-state index contributed by atoms with van der Waals surface area (Å²) in [4.78, 5) is 4.15. The normalized spacial score (nSPS) is 28.6. The maximum atomic E-state index is 4.15. The van der Waals surface area contributed by atoms with E-state index < -0.39 is 0 Å². The molecule has 3 heteroatoms. The smallest absolute Gasteiger partial charge is 0.0948 e. The van der Waals surface area contributed by atoms with Gasteiger partial charge in [-0.15, -0.1) is 0 Å². The number of hydrogen-bond donors (Lipinski definition) is 0. The Morgan fingerprint density at radius 2 is 2.14 bits per heavy atom. The molecule has 1 saturated carbocycles. The Hall–Kier alpha value is -0.440. The Balaban J connectivity index is 2.12. The summed E-state index contributed by atoms with van der Waals surface area (Å²) in [5.41, 5.74) is 0. The van der Waals surface area contributed by atoms with Gasteiger partial charge >= 0.3 is 0 Å². The summed E-state index contributed by atoms with van der Waals surface area (Å²) in [6, 6.07) is 0.676. The van der Waals surface area contributed by atoms with Crippen LogP contribution in [0, 0.1) is 0 Å². The molecule has 0 aliphatic heterocycles. The van der Waals surface area contributed by atoms with E-state index in [9.17, 15) is 0 Å². The van der Waals surface area contributed by atoms with Gasteiger partial charge in [-0.3, -0.25) is 0 Å². The molecule has 0 N–H and O–H groups in total. The number of aromatic nitrogens is 2. The van der Waals surface area contributed by atoms with E-state index in [1.54, 1.807) is 0 Å². The summed E-state index contributed by atoms with van der Waals surface area (Å²) < 4.78 is 2.30. The summed E-state index contributed by atoms with van der Waals surface area (Å²) in [7, 11) is 0. The van der Waals surface area contributed by atoms with Crippen molar-refractivity contribution < 1.29 is 0 Å². The van der Waals surface area contributed by atoms with Gasteiger partial charge in [0.25, 0.3) is 0 Å². The summed E-state index contributed by atoms with van der Waals surface area (Å²) in [5.74, 6) is 0. The number of rotatable bonds is 2. The first-order valence-corrected chi connectivity index (χ1v) is 6.71. The second-order valence-electron chi connectivity index (χ2n) is 3.99. The molecular formula is C11H18N2S. The van der Waals surface area contributed by atoms with Crippen LogP contribution in [-0.4, -0.2) is 21.1 Å². The maximum Gasteiger partial charge on any atom is 0.0948 e. The molecule has 0 spiro atoms. The van der Waals surface area contributed by atoms with E-state index in [0.717, 1.165) is 5.25 Å². The van der Waals surface area contributed by atoms with Crippen LogP contribution in [0.3, 0.4) is 0 Å². The quantitative estimate of drug-likeness (QED) is 0.698. The number of hydrogen-bond acceptors (Lipinski definition) is 2. The van der Waals surface area contributed by atoms with Crippen LogP contribution in [0.4, 0.5) is 0 Å². The molecule has 2 rings (SSSR count). The fourth-order valence-electron chi connectivity index (χ4n) is 2.34. The zero-order chi connectivity index (χ0) is 9.80. The molecule has 1 heterocycles. The molecule has 2 nitrogen and oxygen atoms in total. The summed E-state index contributed by atoms with van der Waals surface area (Å²) in [6.45, 7) is 0. The highest BCUT2D eigenvalue weighted by Crippen LogP contribution is 2.34. The zero-order valence-electron chi connectivity index (χ0n) is 8.72. The van der Waals surface area contributed by atoms with E-state index in [2.05, 4.69) is 22.0 Å². The average molecular weight is 210 g/mol. The molecule has 0 amide bonds. The lowest BCUT2D eigenvalue weighted by molar-refractivity contribution is 0.455. The predicted molar refractivity (Wildman–Crippen MR) is 61.7 cm³/mol. The van der Waals surface area contributed by atoms with Crippen LogP contribution in [0.5, 0.6) is 0 Å². The Morgan fingerprint density at radius 3 is 2.86 bits per heavy atom. The molecule has 0 aromatic carbocycles. The Bertz CT molecular complexity index is 258. The largest absolute Gasteiger partial charge is 0.333 e. The molecule has 1 aromatic rings. The second kappa shape index (κ2) is 4.87. The van der Waals surface area contributed by atoms with Crippen molar-refractivity contribution >= 4 is 11.8 Å². The molecule has 1 fully saturated rings. The number of nitrogens with zero attached hydrogens (tertiary/aromatic N) is 2. The van der Waals surface area contributed by atoms with Crippen LogP contribution in [0.15, 0.2) is 18.7 Å². The minimum Gasteiger partial charge on any atom is -0.333 e. The molecular weight excluding hydrogens is 192 g/mol. The van der Waals surface area contributed by atoms with Gasteiger partial charge in [-0.1, -0.05) is 19.3 Å². The Labute approximate surface area is 90.1 Å².